The second-order valence-electron chi connectivity index (χ2n) is 7.19. The van der Waals surface area contributed by atoms with E-state index in [9.17, 15) is 31.1 Å². The van der Waals surface area contributed by atoms with Gasteiger partial charge in [0.05, 0.1) is 16.6 Å². The number of benzene rings is 1. The topological polar surface area (TPSA) is 53.4 Å². The number of thioether (sulfide) groups is 1. The van der Waals surface area contributed by atoms with E-state index in [1.807, 2.05) is 0 Å². The largest absolute Gasteiger partial charge is 0.525 e. The van der Waals surface area contributed by atoms with Crippen molar-refractivity contribution in [3.63, 3.8) is 0 Å². The average molecular weight is 491 g/mol. The highest BCUT2D eigenvalue weighted by atomic mass is 35.5. The Balaban J connectivity index is 2.04. The Bertz CT molecular complexity index is 961. The van der Waals surface area contributed by atoms with Gasteiger partial charge in [-0.3, -0.25) is 4.79 Å². The molecule has 0 aliphatic rings. The van der Waals surface area contributed by atoms with Gasteiger partial charge >= 0.3 is 18.8 Å². The zero-order valence-corrected chi connectivity index (χ0v) is 17.9. The second kappa shape index (κ2) is 9.29. The minimum Gasteiger partial charge on any atom is -0.429 e. The summed E-state index contributed by atoms with van der Waals surface area (Å²) in [6, 6.07) is 4.74. The van der Waals surface area contributed by atoms with Crippen molar-refractivity contribution in [2.24, 2.45) is 0 Å². The molecule has 1 heterocycles. The molecular weight excluding hydrogens is 474 g/mol. The zero-order chi connectivity index (χ0) is 23.6. The number of halogens is 7. The SMILES string of the molecule is CC(C)(C)n1ncc(SCc2ccc(OC(F)(F)C(F)OC(F)(F)F)cc2)c(Cl)c1=O. The smallest absolute Gasteiger partial charge is 0.429 e. The number of hydrogen-bond donors (Lipinski definition) is 0. The number of hydrogen-bond acceptors (Lipinski definition) is 5. The summed E-state index contributed by atoms with van der Waals surface area (Å²) >= 11 is 7.28. The summed E-state index contributed by atoms with van der Waals surface area (Å²) in [7, 11) is 0. The molecule has 1 atom stereocenters. The molecule has 1 unspecified atom stereocenters. The molecule has 0 saturated carbocycles. The second-order valence-corrected chi connectivity index (χ2v) is 8.58. The Labute approximate surface area is 182 Å². The van der Waals surface area contributed by atoms with Gasteiger partial charge in [0.15, 0.2) is 0 Å². The molecule has 0 fully saturated rings. The summed E-state index contributed by atoms with van der Waals surface area (Å²) < 4.78 is 83.5. The summed E-state index contributed by atoms with van der Waals surface area (Å²) in [5.74, 6) is -0.306. The number of nitrogens with zero attached hydrogens (tertiary/aromatic N) is 2. The van der Waals surface area contributed by atoms with Gasteiger partial charge in [-0.05, 0) is 38.5 Å². The molecule has 0 aliphatic heterocycles. The summed E-state index contributed by atoms with van der Waals surface area (Å²) in [4.78, 5) is 12.7. The Hall–Kier alpha value is -1.92. The maximum Gasteiger partial charge on any atom is 0.525 e. The van der Waals surface area contributed by atoms with Crippen molar-refractivity contribution in [1.29, 1.82) is 0 Å². The molecule has 0 N–H and O–H groups in total. The van der Waals surface area contributed by atoms with Gasteiger partial charge in [0.1, 0.15) is 10.8 Å². The first-order valence-electron chi connectivity index (χ1n) is 8.55. The van der Waals surface area contributed by atoms with Crippen molar-refractivity contribution in [2.75, 3.05) is 0 Å². The summed E-state index contributed by atoms with van der Waals surface area (Å²) in [5.41, 5.74) is -0.446. The number of aromatic nitrogens is 2. The average Bonchev–Trinajstić information content (AvgIpc) is 2.61. The third kappa shape index (κ3) is 7.04. The van der Waals surface area contributed by atoms with E-state index in [0.29, 0.717) is 10.5 Å². The van der Waals surface area contributed by atoms with Crippen molar-refractivity contribution >= 4 is 23.4 Å². The van der Waals surface area contributed by atoms with Gasteiger partial charge in [-0.2, -0.15) is 13.9 Å². The molecule has 13 heteroatoms. The minimum atomic E-state index is -5.59. The molecule has 0 spiro atoms. The van der Waals surface area contributed by atoms with Gasteiger partial charge in [-0.15, -0.1) is 24.9 Å². The van der Waals surface area contributed by atoms with E-state index in [-0.39, 0.29) is 10.8 Å². The molecule has 31 heavy (non-hydrogen) atoms. The lowest BCUT2D eigenvalue weighted by Crippen LogP contribution is -2.41. The Morgan fingerprint density at radius 3 is 2.23 bits per heavy atom. The van der Waals surface area contributed by atoms with Crippen molar-refractivity contribution in [3.05, 3.63) is 51.4 Å². The normalized spacial score (nSPS) is 13.9. The molecule has 1 aromatic carbocycles. The third-order valence-corrected chi connectivity index (χ3v) is 5.17. The van der Waals surface area contributed by atoms with E-state index in [1.165, 1.54) is 23.0 Å². The predicted molar refractivity (Wildman–Crippen MR) is 102 cm³/mol. The fraction of sp³-hybridized carbons (Fsp3) is 0.444. The molecule has 0 saturated heterocycles. The molecule has 0 aliphatic carbocycles. The highest BCUT2D eigenvalue weighted by molar-refractivity contribution is 7.98. The van der Waals surface area contributed by atoms with E-state index in [1.54, 1.807) is 20.8 Å². The van der Waals surface area contributed by atoms with Crippen LogP contribution in [0.1, 0.15) is 26.3 Å². The van der Waals surface area contributed by atoms with Crippen LogP contribution in [0.2, 0.25) is 5.02 Å². The molecule has 2 rings (SSSR count). The van der Waals surface area contributed by atoms with Gasteiger partial charge in [-0.1, -0.05) is 23.7 Å². The van der Waals surface area contributed by atoms with Crippen molar-refractivity contribution < 1.29 is 35.8 Å². The van der Waals surface area contributed by atoms with Crippen LogP contribution in [-0.2, 0) is 16.0 Å². The fourth-order valence-corrected chi connectivity index (χ4v) is 3.34. The molecule has 5 nitrogen and oxygen atoms in total. The standard InChI is InChI=1S/C18H17ClF6N2O3S/c1-16(2,3)27-14(28)13(19)12(8-26-27)31-9-10-4-6-11(7-5-10)29-17(21,22)15(20)30-18(23,24)25/h4-8,15H,9H2,1-3H3. The van der Waals surface area contributed by atoms with Crippen LogP contribution in [0.5, 0.6) is 5.75 Å². The minimum absolute atomic E-state index is 0.0202. The first kappa shape index (κ1) is 25.3. The van der Waals surface area contributed by atoms with E-state index in [0.717, 1.165) is 23.9 Å². The molecule has 0 bridgehead atoms. The van der Waals surface area contributed by atoms with Gasteiger partial charge in [0.25, 0.3) is 5.56 Å². The lowest BCUT2D eigenvalue weighted by Gasteiger charge is -2.22. The third-order valence-electron chi connectivity index (χ3n) is 3.60. The fourth-order valence-electron chi connectivity index (χ4n) is 2.20. The molecule has 1 aromatic heterocycles. The van der Waals surface area contributed by atoms with Crippen LogP contribution < -0.4 is 10.3 Å². The summed E-state index contributed by atoms with van der Waals surface area (Å²) in [6.07, 6.45) is -13.0. The van der Waals surface area contributed by atoms with Crippen LogP contribution in [0.15, 0.2) is 40.2 Å². The predicted octanol–water partition coefficient (Wildman–Crippen LogP) is 5.75. The first-order valence-corrected chi connectivity index (χ1v) is 9.92. The first-order chi connectivity index (χ1) is 14.1. The van der Waals surface area contributed by atoms with Crippen LogP contribution in [0.3, 0.4) is 0 Å². The lowest BCUT2D eigenvalue weighted by molar-refractivity contribution is -0.411. The number of alkyl halides is 6. The van der Waals surface area contributed by atoms with Gasteiger partial charge in [0, 0.05) is 5.75 Å². The Morgan fingerprint density at radius 2 is 1.71 bits per heavy atom. The molecule has 172 valence electrons. The van der Waals surface area contributed by atoms with Crippen molar-refractivity contribution in [1.82, 2.24) is 9.78 Å². The van der Waals surface area contributed by atoms with Crippen molar-refractivity contribution in [3.8, 4) is 5.75 Å². The summed E-state index contributed by atoms with van der Waals surface area (Å²) in [6.45, 7) is 5.37. The zero-order valence-electron chi connectivity index (χ0n) is 16.3. The Kier molecular flexibility index (Phi) is 7.59. The molecule has 2 aromatic rings. The monoisotopic (exact) mass is 490 g/mol. The maximum atomic E-state index is 13.4. The van der Waals surface area contributed by atoms with E-state index in [2.05, 4.69) is 14.6 Å². The van der Waals surface area contributed by atoms with Crippen LogP contribution >= 0.6 is 23.4 Å². The van der Waals surface area contributed by atoms with Gasteiger partial charge in [-0.25, -0.2) is 13.8 Å². The van der Waals surface area contributed by atoms with E-state index in [4.69, 9.17) is 11.6 Å². The quantitative estimate of drug-likeness (QED) is 0.365. The van der Waals surface area contributed by atoms with Gasteiger partial charge in [0.2, 0.25) is 0 Å². The van der Waals surface area contributed by atoms with Crippen LogP contribution in [-0.4, -0.2) is 28.6 Å². The Morgan fingerprint density at radius 1 is 1.13 bits per heavy atom. The molecule has 0 amide bonds. The highest BCUT2D eigenvalue weighted by Crippen LogP contribution is 2.33. The van der Waals surface area contributed by atoms with Crippen molar-refractivity contribution in [2.45, 2.75) is 55.8 Å². The number of rotatable bonds is 7. The highest BCUT2D eigenvalue weighted by Gasteiger charge is 2.50. The van der Waals surface area contributed by atoms with Crippen LogP contribution in [0.4, 0.5) is 26.3 Å². The number of ether oxygens (including phenoxy) is 2. The van der Waals surface area contributed by atoms with E-state index >= 15 is 0 Å². The summed E-state index contributed by atoms with van der Waals surface area (Å²) in [5, 5.41) is 4.07. The van der Waals surface area contributed by atoms with E-state index < -0.39 is 35.7 Å². The molecular formula is C18H17ClF6N2O3S. The van der Waals surface area contributed by atoms with Gasteiger partial charge < -0.3 is 4.74 Å². The maximum absolute atomic E-state index is 13.4. The lowest BCUT2D eigenvalue weighted by atomic mass is 10.1. The molecule has 0 radical (unpaired) electrons. The van der Waals surface area contributed by atoms with Crippen LogP contribution in [0.25, 0.3) is 0 Å². The van der Waals surface area contributed by atoms with Crippen LogP contribution in [0, 0.1) is 0 Å².